The van der Waals surface area contributed by atoms with Crippen LogP contribution in [0.2, 0.25) is 10.0 Å². The number of anilines is 1. The molecule has 1 atom stereocenters. The van der Waals surface area contributed by atoms with Crippen molar-refractivity contribution in [3.8, 4) is 0 Å². The van der Waals surface area contributed by atoms with Gasteiger partial charge in [-0.05, 0) is 19.1 Å². The van der Waals surface area contributed by atoms with Crippen LogP contribution in [0.5, 0.6) is 0 Å². The third-order valence-electron chi connectivity index (χ3n) is 3.04. The molecule has 0 bridgehead atoms. The first-order valence-electron chi connectivity index (χ1n) is 6.44. The molecule has 6 nitrogen and oxygen atoms in total. The summed E-state index contributed by atoms with van der Waals surface area (Å²) in [5, 5.41) is 7.48. The van der Waals surface area contributed by atoms with Gasteiger partial charge in [-0.2, -0.15) is 5.10 Å². The third-order valence-corrected chi connectivity index (χ3v) is 3.70. The van der Waals surface area contributed by atoms with E-state index in [2.05, 4.69) is 10.4 Å². The van der Waals surface area contributed by atoms with E-state index in [0.29, 0.717) is 21.3 Å². The first-order chi connectivity index (χ1) is 10.4. The Labute approximate surface area is 137 Å². The summed E-state index contributed by atoms with van der Waals surface area (Å²) in [6, 6.07) is 5.07. The Morgan fingerprint density at radius 1 is 1.36 bits per heavy atom. The first-order valence-corrected chi connectivity index (χ1v) is 7.19. The van der Waals surface area contributed by atoms with Gasteiger partial charge in [-0.15, -0.1) is 0 Å². The average Bonchev–Trinajstić information content (AvgIpc) is 2.84. The van der Waals surface area contributed by atoms with Crippen LogP contribution in [0.3, 0.4) is 0 Å². The van der Waals surface area contributed by atoms with E-state index in [0.717, 1.165) is 0 Å². The number of primary amides is 1. The van der Waals surface area contributed by atoms with Gasteiger partial charge in [0.15, 0.2) is 0 Å². The Balaban J connectivity index is 2.11. The molecule has 0 radical (unpaired) electrons. The minimum atomic E-state index is -0.541. The fraction of sp³-hybridized carbons (Fsp3) is 0.214. The highest BCUT2D eigenvalue weighted by molar-refractivity contribution is 6.36. The van der Waals surface area contributed by atoms with Crippen LogP contribution in [0.1, 0.15) is 18.4 Å². The van der Waals surface area contributed by atoms with Crippen LogP contribution in [0, 0.1) is 0 Å². The fourth-order valence-electron chi connectivity index (χ4n) is 1.98. The van der Waals surface area contributed by atoms with Gasteiger partial charge in [-0.1, -0.05) is 29.3 Å². The van der Waals surface area contributed by atoms with Crippen molar-refractivity contribution in [2.75, 3.05) is 5.32 Å². The molecule has 0 aliphatic rings. The summed E-state index contributed by atoms with van der Waals surface area (Å²) < 4.78 is 1.34. The van der Waals surface area contributed by atoms with E-state index in [1.54, 1.807) is 25.1 Å². The van der Waals surface area contributed by atoms with Crippen molar-refractivity contribution in [1.29, 1.82) is 0 Å². The third kappa shape index (κ3) is 3.78. The lowest BCUT2D eigenvalue weighted by molar-refractivity contribution is -0.119. The fourth-order valence-corrected chi connectivity index (χ4v) is 2.71. The maximum Gasteiger partial charge on any atom is 0.239 e. The van der Waals surface area contributed by atoms with Crippen LogP contribution in [-0.2, 0) is 16.1 Å². The smallest absolute Gasteiger partial charge is 0.239 e. The Kier molecular flexibility index (Phi) is 5.05. The van der Waals surface area contributed by atoms with Gasteiger partial charge in [-0.3, -0.25) is 14.3 Å². The number of nitrogens with one attached hydrogen (secondary N) is 1. The van der Waals surface area contributed by atoms with E-state index in [4.69, 9.17) is 28.9 Å². The van der Waals surface area contributed by atoms with Crippen molar-refractivity contribution >= 4 is 40.7 Å². The molecular formula is C14H14Cl2N4O2. The summed E-state index contributed by atoms with van der Waals surface area (Å²) >= 11 is 12.2. The largest absolute Gasteiger partial charge is 0.368 e. The molecule has 1 unspecified atom stereocenters. The topological polar surface area (TPSA) is 90.0 Å². The zero-order valence-corrected chi connectivity index (χ0v) is 13.2. The minimum Gasteiger partial charge on any atom is -0.368 e. The Morgan fingerprint density at radius 2 is 2.00 bits per heavy atom. The number of aromatic nitrogens is 2. The summed E-state index contributed by atoms with van der Waals surface area (Å²) in [6.07, 6.45) is 2.95. The molecule has 2 rings (SSSR count). The quantitative estimate of drug-likeness (QED) is 0.875. The summed E-state index contributed by atoms with van der Waals surface area (Å²) in [4.78, 5) is 23.1. The summed E-state index contributed by atoms with van der Waals surface area (Å²) in [5.41, 5.74) is 6.10. The number of carbonyl (C=O) groups excluding carboxylic acids is 2. The second-order valence-electron chi connectivity index (χ2n) is 4.74. The van der Waals surface area contributed by atoms with Crippen LogP contribution in [-0.4, -0.2) is 21.6 Å². The van der Waals surface area contributed by atoms with E-state index in [-0.39, 0.29) is 12.5 Å². The molecule has 1 heterocycles. The maximum absolute atomic E-state index is 12.3. The summed E-state index contributed by atoms with van der Waals surface area (Å²) in [6.45, 7) is 1.65. The number of rotatable bonds is 5. The van der Waals surface area contributed by atoms with E-state index < -0.39 is 11.8 Å². The van der Waals surface area contributed by atoms with Crippen LogP contribution in [0.25, 0.3) is 0 Å². The van der Waals surface area contributed by atoms with Crippen LogP contribution < -0.4 is 11.1 Å². The standard InChI is InChI=1S/C14H14Cl2N4O2/c1-8(13-10(15)3-2-4-11(13)16)14(22)19-9-5-18-20(6-9)7-12(17)21/h2-6,8H,7H2,1H3,(H2,17,21)(H,19,22). The zero-order valence-electron chi connectivity index (χ0n) is 11.7. The number of nitrogens with two attached hydrogens (primary N) is 1. The molecule has 0 aliphatic carbocycles. The predicted molar refractivity (Wildman–Crippen MR) is 84.9 cm³/mol. The second kappa shape index (κ2) is 6.81. The Hall–Kier alpha value is -2.05. The van der Waals surface area contributed by atoms with Crippen molar-refractivity contribution in [2.45, 2.75) is 19.4 Å². The molecule has 2 amide bonds. The van der Waals surface area contributed by atoms with Gasteiger partial charge >= 0.3 is 0 Å². The molecule has 1 aromatic carbocycles. The minimum absolute atomic E-state index is 0.0538. The van der Waals surface area contributed by atoms with Crippen molar-refractivity contribution in [3.63, 3.8) is 0 Å². The molecule has 2 aromatic rings. The molecule has 0 fully saturated rings. The highest BCUT2D eigenvalue weighted by Gasteiger charge is 2.21. The maximum atomic E-state index is 12.3. The lowest BCUT2D eigenvalue weighted by Crippen LogP contribution is -2.20. The molecule has 1 aromatic heterocycles. The molecule has 0 aliphatic heterocycles. The molecule has 8 heteroatoms. The van der Waals surface area contributed by atoms with Crippen molar-refractivity contribution in [3.05, 3.63) is 46.2 Å². The summed E-state index contributed by atoms with van der Waals surface area (Å²) in [7, 11) is 0. The zero-order chi connectivity index (χ0) is 16.3. The predicted octanol–water partition coefficient (Wildman–Crippen LogP) is 2.42. The Bertz CT molecular complexity index is 694. The van der Waals surface area contributed by atoms with Crippen LogP contribution >= 0.6 is 23.2 Å². The van der Waals surface area contributed by atoms with Gasteiger partial charge in [-0.25, -0.2) is 0 Å². The number of hydrogen-bond acceptors (Lipinski definition) is 3. The number of hydrogen-bond donors (Lipinski definition) is 2. The highest BCUT2D eigenvalue weighted by Crippen LogP contribution is 2.32. The van der Waals surface area contributed by atoms with E-state index in [1.807, 2.05) is 0 Å². The van der Waals surface area contributed by atoms with Crippen molar-refractivity contribution in [2.24, 2.45) is 5.73 Å². The molecule has 0 saturated carbocycles. The summed E-state index contributed by atoms with van der Waals surface area (Å²) in [5.74, 6) is -1.34. The highest BCUT2D eigenvalue weighted by atomic mass is 35.5. The number of nitrogens with zero attached hydrogens (tertiary/aromatic N) is 2. The van der Waals surface area contributed by atoms with Gasteiger partial charge in [0.2, 0.25) is 11.8 Å². The monoisotopic (exact) mass is 340 g/mol. The first kappa shape index (κ1) is 16.3. The lowest BCUT2D eigenvalue weighted by atomic mass is 10.00. The molecule has 0 saturated heterocycles. The number of halogens is 2. The van der Waals surface area contributed by atoms with Crippen molar-refractivity contribution < 1.29 is 9.59 Å². The molecule has 116 valence electrons. The number of carbonyl (C=O) groups is 2. The van der Waals surface area contributed by atoms with E-state index in [1.165, 1.54) is 17.1 Å². The van der Waals surface area contributed by atoms with Gasteiger partial charge in [0.05, 0.1) is 17.8 Å². The average molecular weight is 341 g/mol. The van der Waals surface area contributed by atoms with Gasteiger partial charge in [0, 0.05) is 21.8 Å². The Morgan fingerprint density at radius 3 is 2.59 bits per heavy atom. The lowest BCUT2D eigenvalue weighted by Gasteiger charge is -2.14. The second-order valence-corrected chi connectivity index (χ2v) is 5.55. The molecular weight excluding hydrogens is 327 g/mol. The van der Waals surface area contributed by atoms with Crippen molar-refractivity contribution in [1.82, 2.24) is 9.78 Å². The normalized spacial score (nSPS) is 12.0. The number of benzene rings is 1. The van der Waals surface area contributed by atoms with Gasteiger partial charge in [0.25, 0.3) is 0 Å². The van der Waals surface area contributed by atoms with Crippen LogP contribution in [0.4, 0.5) is 5.69 Å². The van der Waals surface area contributed by atoms with Gasteiger partial charge in [0.1, 0.15) is 6.54 Å². The van der Waals surface area contributed by atoms with Gasteiger partial charge < -0.3 is 11.1 Å². The number of amides is 2. The van der Waals surface area contributed by atoms with Crippen LogP contribution in [0.15, 0.2) is 30.6 Å². The molecule has 22 heavy (non-hydrogen) atoms. The SMILES string of the molecule is CC(C(=O)Nc1cnn(CC(N)=O)c1)c1c(Cl)cccc1Cl. The van der Waals surface area contributed by atoms with E-state index in [9.17, 15) is 9.59 Å². The molecule has 0 spiro atoms. The molecule has 3 N–H and O–H groups in total. The van der Waals surface area contributed by atoms with E-state index >= 15 is 0 Å².